The second-order valence-electron chi connectivity index (χ2n) is 6.67. The molecule has 146 valence electrons. The van der Waals surface area contributed by atoms with Crippen LogP contribution < -0.4 is 14.4 Å². The van der Waals surface area contributed by atoms with Crippen molar-refractivity contribution in [2.45, 2.75) is 32.7 Å². The maximum Gasteiger partial charge on any atom is 0.248 e. The molecular formula is C20H26N2O4S. The van der Waals surface area contributed by atoms with E-state index in [9.17, 15) is 13.2 Å². The SMILES string of the molecule is COc1cccc(N([C@@H](C)C(=O)Nc2ccccc2C(C)C)S(C)(=O)=O)c1. The Morgan fingerprint density at radius 3 is 2.33 bits per heavy atom. The van der Waals surface area contributed by atoms with Gasteiger partial charge in [0.15, 0.2) is 0 Å². The van der Waals surface area contributed by atoms with E-state index in [4.69, 9.17) is 4.74 Å². The van der Waals surface area contributed by atoms with Gasteiger partial charge in [-0.05, 0) is 36.6 Å². The van der Waals surface area contributed by atoms with Gasteiger partial charge in [-0.3, -0.25) is 9.10 Å². The van der Waals surface area contributed by atoms with Crippen LogP contribution in [0.1, 0.15) is 32.3 Å². The Kier molecular flexibility index (Phi) is 6.49. The molecule has 0 aromatic heterocycles. The quantitative estimate of drug-likeness (QED) is 0.784. The zero-order valence-electron chi connectivity index (χ0n) is 16.3. The summed E-state index contributed by atoms with van der Waals surface area (Å²) in [4.78, 5) is 12.9. The van der Waals surface area contributed by atoms with E-state index >= 15 is 0 Å². The number of methoxy groups -OCH3 is 1. The van der Waals surface area contributed by atoms with E-state index in [1.807, 2.05) is 38.1 Å². The molecule has 0 bridgehead atoms. The van der Waals surface area contributed by atoms with Crippen LogP contribution in [0.25, 0.3) is 0 Å². The fourth-order valence-electron chi connectivity index (χ4n) is 2.91. The first-order chi connectivity index (χ1) is 12.6. The van der Waals surface area contributed by atoms with Gasteiger partial charge >= 0.3 is 0 Å². The van der Waals surface area contributed by atoms with Crippen molar-refractivity contribution < 1.29 is 17.9 Å². The summed E-state index contributed by atoms with van der Waals surface area (Å²) in [7, 11) is -2.19. The van der Waals surface area contributed by atoms with Gasteiger partial charge in [0.25, 0.3) is 0 Å². The molecule has 2 aromatic carbocycles. The van der Waals surface area contributed by atoms with Crippen molar-refractivity contribution in [1.82, 2.24) is 0 Å². The third kappa shape index (κ3) is 5.01. The van der Waals surface area contributed by atoms with E-state index in [-0.39, 0.29) is 5.92 Å². The number of nitrogens with one attached hydrogen (secondary N) is 1. The number of carbonyl (C=O) groups excluding carboxylic acids is 1. The van der Waals surface area contributed by atoms with Gasteiger partial charge in [-0.25, -0.2) is 8.42 Å². The molecule has 0 saturated heterocycles. The minimum atomic E-state index is -3.69. The number of para-hydroxylation sites is 1. The first-order valence-corrected chi connectivity index (χ1v) is 10.5. The van der Waals surface area contributed by atoms with Crippen LogP contribution in [0.5, 0.6) is 5.75 Å². The fraction of sp³-hybridized carbons (Fsp3) is 0.350. The standard InChI is InChI=1S/C20H26N2O4S/c1-14(2)18-11-6-7-12-19(18)21-20(23)15(3)22(27(5,24)25)16-9-8-10-17(13-16)26-4/h6-15H,1-5H3,(H,21,23)/t15-/m0/s1. The number of nitrogens with zero attached hydrogens (tertiary/aromatic N) is 1. The zero-order chi connectivity index (χ0) is 20.2. The highest BCUT2D eigenvalue weighted by Crippen LogP contribution is 2.27. The summed E-state index contributed by atoms with van der Waals surface area (Å²) in [6.45, 7) is 5.63. The Balaban J connectivity index is 2.36. The Bertz CT molecular complexity index is 910. The molecule has 1 atom stereocenters. The lowest BCUT2D eigenvalue weighted by molar-refractivity contribution is -0.116. The van der Waals surface area contributed by atoms with Crippen LogP contribution in [0.15, 0.2) is 48.5 Å². The van der Waals surface area contributed by atoms with Crippen molar-refractivity contribution in [3.05, 3.63) is 54.1 Å². The third-order valence-electron chi connectivity index (χ3n) is 4.24. The van der Waals surface area contributed by atoms with E-state index in [2.05, 4.69) is 5.32 Å². The minimum Gasteiger partial charge on any atom is -0.497 e. The first-order valence-electron chi connectivity index (χ1n) is 8.68. The molecule has 1 N–H and O–H groups in total. The summed E-state index contributed by atoms with van der Waals surface area (Å²) < 4.78 is 31.1. The number of anilines is 2. The van der Waals surface area contributed by atoms with Crippen molar-refractivity contribution >= 4 is 27.3 Å². The molecule has 0 fully saturated rings. The van der Waals surface area contributed by atoms with E-state index in [1.54, 1.807) is 31.2 Å². The highest BCUT2D eigenvalue weighted by atomic mass is 32.2. The largest absolute Gasteiger partial charge is 0.497 e. The lowest BCUT2D eigenvalue weighted by atomic mass is 10.0. The average molecular weight is 391 g/mol. The predicted octanol–water partition coefficient (Wildman–Crippen LogP) is 3.61. The van der Waals surface area contributed by atoms with Crippen molar-refractivity contribution in [2.24, 2.45) is 0 Å². The van der Waals surface area contributed by atoms with Gasteiger partial charge in [-0.1, -0.05) is 38.1 Å². The van der Waals surface area contributed by atoms with Crippen LogP contribution >= 0.6 is 0 Å². The number of ether oxygens (including phenoxy) is 1. The van der Waals surface area contributed by atoms with E-state index < -0.39 is 22.0 Å². The lowest BCUT2D eigenvalue weighted by Gasteiger charge is -2.28. The normalized spacial score (nSPS) is 12.5. The summed E-state index contributed by atoms with van der Waals surface area (Å²) in [5, 5.41) is 2.87. The predicted molar refractivity (Wildman–Crippen MR) is 109 cm³/mol. The van der Waals surface area contributed by atoms with E-state index in [1.165, 1.54) is 7.11 Å². The molecule has 0 aliphatic heterocycles. The van der Waals surface area contributed by atoms with E-state index in [0.29, 0.717) is 17.1 Å². The molecule has 2 rings (SSSR count). The number of hydrogen-bond acceptors (Lipinski definition) is 4. The first kappa shape index (κ1) is 20.8. The number of hydrogen-bond donors (Lipinski definition) is 1. The number of sulfonamides is 1. The Morgan fingerprint density at radius 1 is 1.07 bits per heavy atom. The van der Waals surface area contributed by atoms with Crippen LogP contribution in [0.3, 0.4) is 0 Å². The molecule has 0 aliphatic rings. The van der Waals surface area contributed by atoms with Gasteiger partial charge < -0.3 is 10.1 Å². The number of amides is 1. The molecule has 1 amide bonds. The summed E-state index contributed by atoms with van der Waals surface area (Å²) in [6.07, 6.45) is 1.08. The third-order valence-corrected chi connectivity index (χ3v) is 5.48. The van der Waals surface area contributed by atoms with Crippen LogP contribution in [0.2, 0.25) is 0 Å². The van der Waals surface area contributed by atoms with Gasteiger partial charge in [-0.2, -0.15) is 0 Å². The molecule has 0 spiro atoms. The minimum absolute atomic E-state index is 0.223. The van der Waals surface area contributed by atoms with Crippen molar-refractivity contribution in [3.8, 4) is 5.75 Å². The summed E-state index contributed by atoms with van der Waals surface area (Å²) in [5.74, 6) is 0.330. The molecule has 2 aromatic rings. The molecule has 27 heavy (non-hydrogen) atoms. The van der Waals surface area contributed by atoms with Gasteiger partial charge in [-0.15, -0.1) is 0 Å². The summed E-state index contributed by atoms with van der Waals surface area (Å²) >= 11 is 0. The van der Waals surface area contributed by atoms with Crippen LogP contribution in [0, 0.1) is 0 Å². The average Bonchev–Trinajstić information content (AvgIpc) is 2.61. The molecule has 0 unspecified atom stereocenters. The maximum atomic E-state index is 12.9. The molecule has 7 heteroatoms. The molecule has 0 radical (unpaired) electrons. The second kappa shape index (κ2) is 8.43. The smallest absolute Gasteiger partial charge is 0.248 e. The maximum absolute atomic E-state index is 12.9. The number of rotatable bonds is 7. The topological polar surface area (TPSA) is 75.7 Å². The van der Waals surface area contributed by atoms with Gasteiger partial charge in [0.1, 0.15) is 11.8 Å². The lowest BCUT2D eigenvalue weighted by Crippen LogP contribution is -2.45. The zero-order valence-corrected chi connectivity index (χ0v) is 17.1. The number of benzene rings is 2. The molecule has 6 nitrogen and oxygen atoms in total. The fourth-order valence-corrected chi connectivity index (χ4v) is 4.07. The van der Waals surface area contributed by atoms with Crippen molar-refractivity contribution in [1.29, 1.82) is 0 Å². The summed E-state index contributed by atoms with van der Waals surface area (Å²) in [6, 6.07) is 13.2. The van der Waals surface area contributed by atoms with Gasteiger partial charge in [0.05, 0.1) is 19.1 Å². The Labute approximate surface area is 161 Å². The second-order valence-corrected chi connectivity index (χ2v) is 8.53. The summed E-state index contributed by atoms with van der Waals surface area (Å²) in [5.41, 5.74) is 2.05. The highest BCUT2D eigenvalue weighted by Gasteiger charge is 2.29. The Hall–Kier alpha value is -2.54. The Morgan fingerprint density at radius 2 is 1.74 bits per heavy atom. The van der Waals surface area contributed by atoms with Gasteiger partial charge in [0, 0.05) is 11.8 Å². The highest BCUT2D eigenvalue weighted by molar-refractivity contribution is 7.92. The van der Waals surface area contributed by atoms with Gasteiger partial charge in [0.2, 0.25) is 15.9 Å². The number of carbonyl (C=O) groups is 1. The van der Waals surface area contributed by atoms with Crippen molar-refractivity contribution in [3.63, 3.8) is 0 Å². The monoisotopic (exact) mass is 390 g/mol. The molecule has 0 heterocycles. The molecular weight excluding hydrogens is 364 g/mol. The molecule has 0 saturated carbocycles. The van der Waals surface area contributed by atoms with Crippen LogP contribution in [-0.2, 0) is 14.8 Å². The van der Waals surface area contributed by atoms with Crippen molar-refractivity contribution in [2.75, 3.05) is 23.0 Å². The van der Waals surface area contributed by atoms with Crippen LogP contribution in [-0.4, -0.2) is 33.7 Å². The molecule has 0 aliphatic carbocycles. The van der Waals surface area contributed by atoms with E-state index in [0.717, 1.165) is 16.1 Å². The van der Waals surface area contributed by atoms with Crippen LogP contribution in [0.4, 0.5) is 11.4 Å².